The Hall–Kier alpha value is -2.90. The quantitative estimate of drug-likeness (QED) is 0.651. The SMILES string of the molecule is COC(=O)c1ccc(C(O)C(O)CNC(=O)OCc2ccccc2)cc1. The number of carbonyl (C=O) groups excluding carboxylic acids is 2. The molecule has 1 amide bonds. The molecule has 0 fully saturated rings. The molecule has 0 heterocycles. The van der Waals surface area contributed by atoms with Crippen LogP contribution in [0, 0.1) is 0 Å². The highest BCUT2D eigenvalue weighted by atomic mass is 16.5. The fraction of sp³-hybridized carbons (Fsp3) is 0.263. The third-order valence-corrected chi connectivity index (χ3v) is 3.71. The Balaban J connectivity index is 1.80. The third-order valence-electron chi connectivity index (χ3n) is 3.71. The lowest BCUT2D eigenvalue weighted by Gasteiger charge is -2.18. The Morgan fingerprint density at radius 1 is 1.04 bits per heavy atom. The van der Waals surface area contributed by atoms with E-state index in [1.807, 2.05) is 30.3 Å². The van der Waals surface area contributed by atoms with Gasteiger partial charge in [0.1, 0.15) is 18.8 Å². The van der Waals surface area contributed by atoms with Crippen LogP contribution in [0.25, 0.3) is 0 Å². The molecular weight excluding hydrogens is 338 g/mol. The molecule has 0 saturated heterocycles. The summed E-state index contributed by atoms with van der Waals surface area (Å²) in [5, 5.41) is 22.6. The Labute approximate surface area is 151 Å². The fourth-order valence-electron chi connectivity index (χ4n) is 2.23. The lowest BCUT2D eigenvalue weighted by Crippen LogP contribution is -2.35. The molecule has 138 valence electrons. The highest BCUT2D eigenvalue weighted by molar-refractivity contribution is 5.89. The Bertz CT molecular complexity index is 717. The van der Waals surface area contributed by atoms with Gasteiger partial charge in [-0.05, 0) is 23.3 Å². The summed E-state index contributed by atoms with van der Waals surface area (Å²) in [7, 11) is 1.28. The van der Waals surface area contributed by atoms with E-state index in [9.17, 15) is 19.8 Å². The number of aliphatic hydroxyl groups excluding tert-OH is 2. The normalized spacial score (nSPS) is 12.7. The van der Waals surface area contributed by atoms with E-state index in [1.54, 1.807) is 0 Å². The van der Waals surface area contributed by atoms with Crippen molar-refractivity contribution in [2.75, 3.05) is 13.7 Å². The maximum atomic E-state index is 11.7. The number of carbonyl (C=O) groups is 2. The zero-order chi connectivity index (χ0) is 18.9. The van der Waals surface area contributed by atoms with Gasteiger partial charge in [0.25, 0.3) is 0 Å². The zero-order valence-corrected chi connectivity index (χ0v) is 14.3. The molecule has 7 nitrogen and oxygen atoms in total. The predicted molar refractivity (Wildman–Crippen MR) is 93.4 cm³/mol. The second kappa shape index (κ2) is 9.55. The van der Waals surface area contributed by atoms with Gasteiger partial charge in [-0.3, -0.25) is 0 Å². The van der Waals surface area contributed by atoms with Crippen molar-refractivity contribution in [3.63, 3.8) is 0 Å². The van der Waals surface area contributed by atoms with Crippen LogP contribution in [-0.2, 0) is 16.1 Å². The van der Waals surface area contributed by atoms with Crippen molar-refractivity contribution >= 4 is 12.1 Å². The minimum absolute atomic E-state index is 0.111. The molecule has 0 bridgehead atoms. The molecular formula is C19H21NO6. The largest absolute Gasteiger partial charge is 0.465 e. The van der Waals surface area contributed by atoms with Gasteiger partial charge >= 0.3 is 12.1 Å². The van der Waals surface area contributed by atoms with Crippen LogP contribution in [0.4, 0.5) is 4.79 Å². The molecule has 2 unspecified atom stereocenters. The van der Waals surface area contributed by atoms with Crippen LogP contribution in [-0.4, -0.2) is 42.0 Å². The monoisotopic (exact) mass is 359 g/mol. The zero-order valence-electron chi connectivity index (χ0n) is 14.3. The Kier molecular flexibility index (Phi) is 7.13. The van der Waals surface area contributed by atoms with Crippen LogP contribution in [0.2, 0.25) is 0 Å². The number of aliphatic hydroxyl groups is 2. The second-order valence-electron chi connectivity index (χ2n) is 5.57. The smallest absolute Gasteiger partial charge is 0.407 e. The molecule has 0 aromatic heterocycles. The molecule has 0 aliphatic carbocycles. The molecule has 0 spiro atoms. The molecule has 3 N–H and O–H groups in total. The van der Waals surface area contributed by atoms with Crippen molar-refractivity contribution in [1.29, 1.82) is 0 Å². The Morgan fingerprint density at radius 3 is 2.31 bits per heavy atom. The van der Waals surface area contributed by atoms with Crippen molar-refractivity contribution in [2.24, 2.45) is 0 Å². The molecule has 2 aromatic carbocycles. The van der Waals surface area contributed by atoms with Gasteiger partial charge in [-0.15, -0.1) is 0 Å². The first-order valence-electron chi connectivity index (χ1n) is 8.00. The first kappa shape index (κ1) is 19.4. The number of methoxy groups -OCH3 is 1. The van der Waals surface area contributed by atoms with Crippen molar-refractivity contribution in [3.8, 4) is 0 Å². The number of ether oxygens (including phenoxy) is 2. The summed E-state index contributed by atoms with van der Waals surface area (Å²) in [6, 6.07) is 15.2. The van der Waals surface area contributed by atoms with E-state index in [4.69, 9.17) is 4.74 Å². The molecule has 26 heavy (non-hydrogen) atoms. The topological polar surface area (TPSA) is 105 Å². The minimum Gasteiger partial charge on any atom is -0.465 e. The van der Waals surface area contributed by atoms with Gasteiger partial charge in [0, 0.05) is 6.54 Å². The highest BCUT2D eigenvalue weighted by Crippen LogP contribution is 2.17. The van der Waals surface area contributed by atoms with Crippen LogP contribution < -0.4 is 5.32 Å². The van der Waals surface area contributed by atoms with Crippen molar-refractivity contribution in [1.82, 2.24) is 5.32 Å². The molecule has 0 aliphatic rings. The van der Waals surface area contributed by atoms with Crippen LogP contribution in [0.1, 0.15) is 27.6 Å². The predicted octanol–water partition coefficient (Wildman–Crippen LogP) is 1.79. The first-order valence-corrected chi connectivity index (χ1v) is 8.00. The Morgan fingerprint density at radius 2 is 1.69 bits per heavy atom. The van der Waals surface area contributed by atoms with Gasteiger partial charge in [0.15, 0.2) is 0 Å². The first-order chi connectivity index (χ1) is 12.5. The van der Waals surface area contributed by atoms with Crippen LogP contribution in [0.3, 0.4) is 0 Å². The van der Waals surface area contributed by atoms with Gasteiger partial charge in [-0.2, -0.15) is 0 Å². The summed E-state index contributed by atoms with van der Waals surface area (Å²) in [5.74, 6) is -0.491. The maximum Gasteiger partial charge on any atom is 0.407 e. The van der Waals surface area contributed by atoms with E-state index in [0.29, 0.717) is 11.1 Å². The second-order valence-corrected chi connectivity index (χ2v) is 5.57. The van der Waals surface area contributed by atoms with E-state index in [1.165, 1.54) is 31.4 Å². The minimum atomic E-state index is -1.23. The summed E-state index contributed by atoms with van der Waals surface area (Å²) in [6.07, 6.45) is -3.15. The van der Waals surface area contributed by atoms with Gasteiger partial charge in [0.2, 0.25) is 0 Å². The van der Waals surface area contributed by atoms with E-state index < -0.39 is 24.3 Å². The van der Waals surface area contributed by atoms with E-state index in [2.05, 4.69) is 10.1 Å². The average molecular weight is 359 g/mol. The molecule has 0 aliphatic heterocycles. The highest BCUT2D eigenvalue weighted by Gasteiger charge is 2.20. The van der Waals surface area contributed by atoms with Crippen LogP contribution >= 0.6 is 0 Å². The molecule has 7 heteroatoms. The number of rotatable bonds is 7. The van der Waals surface area contributed by atoms with Gasteiger partial charge in [0.05, 0.1) is 12.7 Å². The summed E-state index contributed by atoms with van der Waals surface area (Å²) in [5.41, 5.74) is 1.58. The van der Waals surface area contributed by atoms with Gasteiger partial charge < -0.3 is 25.0 Å². The van der Waals surface area contributed by atoms with Crippen LogP contribution in [0.5, 0.6) is 0 Å². The molecule has 0 saturated carbocycles. The van der Waals surface area contributed by atoms with Crippen molar-refractivity contribution in [2.45, 2.75) is 18.8 Å². The average Bonchev–Trinajstić information content (AvgIpc) is 2.70. The summed E-state index contributed by atoms with van der Waals surface area (Å²) >= 11 is 0. The maximum absolute atomic E-state index is 11.7. The number of esters is 1. The van der Waals surface area contributed by atoms with Crippen molar-refractivity contribution < 1.29 is 29.3 Å². The molecule has 2 aromatic rings. The van der Waals surface area contributed by atoms with E-state index >= 15 is 0 Å². The summed E-state index contributed by atoms with van der Waals surface area (Å²) in [6.45, 7) is -0.0755. The van der Waals surface area contributed by atoms with E-state index in [-0.39, 0.29) is 13.2 Å². The number of hydrogen-bond donors (Lipinski definition) is 3. The van der Waals surface area contributed by atoms with Gasteiger partial charge in [-0.1, -0.05) is 42.5 Å². The standard InChI is InChI=1S/C19H21NO6/c1-25-18(23)15-9-7-14(8-10-15)17(22)16(21)11-20-19(24)26-12-13-5-3-2-4-6-13/h2-10,16-17,21-22H,11-12H2,1H3,(H,20,24). The molecule has 0 radical (unpaired) electrons. The lowest BCUT2D eigenvalue weighted by atomic mass is 10.0. The van der Waals surface area contributed by atoms with Gasteiger partial charge in [-0.25, -0.2) is 9.59 Å². The number of nitrogens with one attached hydrogen (secondary N) is 1. The van der Waals surface area contributed by atoms with Crippen molar-refractivity contribution in [3.05, 3.63) is 71.3 Å². The summed E-state index contributed by atoms with van der Waals surface area (Å²) in [4.78, 5) is 23.0. The number of hydrogen-bond acceptors (Lipinski definition) is 6. The number of benzene rings is 2. The summed E-state index contributed by atoms with van der Waals surface area (Å²) < 4.78 is 9.62. The fourth-order valence-corrected chi connectivity index (χ4v) is 2.23. The number of alkyl carbamates (subject to hydrolysis) is 1. The number of amides is 1. The molecule has 2 rings (SSSR count). The lowest BCUT2D eigenvalue weighted by molar-refractivity contribution is 0.0184. The van der Waals surface area contributed by atoms with E-state index in [0.717, 1.165) is 5.56 Å². The van der Waals surface area contributed by atoms with Crippen LogP contribution in [0.15, 0.2) is 54.6 Å². The molecule has 2 atom stereocenters. The third kappa shape index (κ3) is 5.58.